The number of nitrogens with one attached hydrogen (secondary N) is 1. The van der Waals surface area contributed by atoms with Gasteiger partial charge < -0.3 is 25.7 Å². The lowest BCUT2D eigenvalue weighted by atomic mass is 10.1. The highest BCUT2D eigenvalue weighted by atomic mass is 16.5. The van der Waals surface area contributed by atoms with E-state index in [2.05, 4.69) is 9.97 Å². The number of nitrogens with two attached hydrogens (primary N) is 1. The van der Waals surface area contributed by atoms with Crippen LogP contribution in [0.3, 0.4) is 0 Å². The Morgan fingerprint density at radius 2 is 2.50 bits per heavy atom. The Labute approximate surface area is 91.2 Å². The maximum Gasteiger partial charge on any atom is 0.268 e. The molecule has 0 saturated carbocycles. The molecule has 88 valence electrons. The molecule has 0 aliphatic carbocycles. The van der Waals surface area contributed by atoms with E-state index in [1.807, 2.05) is 0 Å². The lowest BCUT2D eigenvalue weighted by Gasteiger charge is -2.09. The Balaban J connectivity index is 2.11. The highest BCUT2D eigenvalue weighted by molar-refractivity contribution is 5.90. The van der Waals surface area contributed by atoms with Crippen LogP contribution in [-0.2, 0) is 4.74 Å². The van der Waals surface area contributed by atoms with Crippen molar-refractivity contribution in [3.63, 3.8) is 0 Å². The lowest BCUT2D eigenvalue weighted by molar-refractivity contribution is -0.0245. The number of carbonyl (C=O) groups excluding carboxylic acids is 1. The van der Waals surface area contributed by atoms with E-state index in [-0.39, 0.29) is 12.3 Å². The van der Waals surface area contributed by atoms with Gasteiger partial charge in [0.05, 0.1) is 12.7 Å². The van der Waals surface area contributed by atoms with E-state index in [0.717, 1.165) is 0 Å². The second-order valence-electron chi connectivity index (χ2n) is 3.68. The molecule has 2 rings (SSSR count). The van der Waals surface area contributed by atoms with Crippen LogP contribution in [0.4, 0.5) is 0 Å². The van der Waals surface area contributed by atoms with E-state index in [9.17, 15) is 9.90 Å². The average molecular weight is 227 g/mol. The Morgan fingerprint density at radius 1 is 1.75 bits per heavy atom. The molecule has 1 aromatic rings. The quantitative estimate of drug-likeness (QED) is 0.511. The molecule has 1 aliphatic heterocycles. The monoisotopic (exact) mass is 227 g/mol. The highest BCUT2D eigenvalue weighted by Gasteiger charge is 2.35. The highest BCUT2D eigenvalue weighted by Crippen LogP contribution is 2.31. The van der Waals surface area contributed by atoms with Gasteiger partial charge in [0, 0.05) is 12.6 Å². The number of amides is 1. The van der Waals surface area contributed by atoms with Crippen LogP contribution >= 0.6 is 0 Å². The van der Waals surface area contributed by atoms with Gasteiger partial charge in [0.1, 0.15) is 23.7 Å². The van der Waals surface area contributed by atoms with Crippen molar-refractivity contribution in [3.05, 3.63) is 17.7 Å². The molecular formula is C9H13N3O4. The molecule has 1 fully saturated rings. The van der Waals surface area contributed by atoms with Gasteiger partial charge in [-0.15, -0.1) is 0 Å². The number of nitrogens with zero attached hydrogens (tertiary/aromatic N) is 1. The van der Waals surface area contributed by atoms with Crippen molar-refractivity contribution in [1.29, 1.82) is 0 Å². The van der Waals surface area contributed by atoms with Crippen molar-refractivity contribution in [2.24, 2.45) is 5.73 Å². The zero-order valence-corrected chi connectivity index (χ0v) is 8.46. The minimum atomic E-state index is -0.725. The second kappa shape index (κ2) is 4.20. The predicted octanol–water partition coefficient (Wildman–Crippen LogP) is -1.31. The summed E-state index contributed by atoms with van der Waals surface area (Å²) in [6.07, 6.45) is -0.0547. The minimum absolute atomic E-state index is 0.125. The maximum atomic E-state index is 10.8. The summed E-state index contributed by atoms with van der Waals surface area (Å²) in [6.45, 7) is -0.249. The summed E-state index contributed by atoms with van der Waals surface area (Å²) in [6, 6.07) is 0. The standard InChI is InChI=1S/C9H13N3O4/c10-8(15)4-2-11-9(12-4)6-1-5(14)7(3-13)16-6/h2,5-7,13-14H,1,3H2,(H2,10,15)(H,11,12)/t5-,6+,7+/m1/s1. The molecule has 7 heteroatoms. The van der Waals surface area contributed by atoms with Gasteiger partial charge in [-0.05, 0) is 0 Å². The first kappa shape index (κ1) is 11.1. The van der Waals surface area contributed by atoms with Crippen molar-refractivity contribution in [1.82, 2.24) is 9.97 Å². The predicted molar refractivity (Wildman–Crippen MR) is 52.4 cm³/mol. The summed E-state index contributed by atoms with van der Waals surface area (Å²) in [7, 11) is 0. The van der Waals surface area contributed by atoms with Gasteiger partial charge in [0.15, 0.2) is 0 Å². The van der Waals surface area contributed by atoms with Crippen LogP contribution in [0.15, 0.2) is 6.20 Å². The molecule has 0 bridgehead atoms. The van der Waals surface area contributed by atoms with E-state index in [1.165, 1.54) is 6.20 Å². The van der Waals surface area contributed by atoms with Gasteiger partial charge in [-0.3, -0.25) is 4.79 Å². The van der Waals surface area contributed by atoms with Crippen LogP contribution in [-0.4, -0.2) is 44.9 Å². The summed E-state index contributed by atoms with van der Waals surface area (Å²) in [4.78, 5) is 17.5. The Hall–Kier alpha value is -1.44. The number of aliphatic hydroxyl groups is 2. The van der Waals surface area contributed by atoms with Gasteiger partial charge in [-0.25, -0.2) is 4.98 Å². The molecule has 0 spiro atoms. The lowest BCUT2D eigenvalue weighted by Crippen LogP contribution is -2.24. The number of hydrogen-bond acceptors (Lipinski definition) is 5. The van der Waals surface area contributed by atoms with Crippen molar-refractivity contribution >= 4 is 5.91 Å². The van der Waals surface area contributed by atoms with Gasteiger partial charge in [-0.2, -0.15) is 0 Å². The number of aromatic nitrogens is 2. The number of ether oxygens (including phenoxy) is 1. The van der Waals surface area contributed by atoms with Gasteiger partial charge >= 0.3 is 0 Å². The normalized spacial score (nSPS) is 29.5. The molecule has 1 aliphatic rings. The third kappa shape index (κ3) is 1.92. The first-order valence-corrected chi connectivity index (χ1v) is 4.91. The maximum absolute atomic E-state index is 10.8. The van der Waals surface area contributed by atoms with E-state index >= 15 is 0 Å². The minimum Gasteiger partial charge on any atom is -0.394 e. The molecular weight excluding hydrogens is 214 g/mol. The van der Waals surface area contributed by atoms with Gasteiger partial charge in [-0.1, -0.05) is 0 Å². The number of primary amides is 1. The number of hydrogen-bond donors (Lipinski definition) is 4. The first-order valence-electron chi connectivity index (χ1n) is 4.91. The van der Waals surface area contributed by atoms with E-state index in [4.69, 9.17) is 15.6 Å². The number of carbonyl (C=O) groups is 1. The second-order valence-corrected chi connectivity index (χ2v) is 3.68. The molecule has 2 heterocycles. The smallest absolute Gasteiger partial charge is 0.268 e. The van der Waals surface area contributed by atoms with Crippen LogP contribution in [0.5, 0.6) is 0 Å². The van der Waals surface area contributed by atoms with Crippen LogP contribution in [0.25, 0.3) is 0 Å². The molecule has 3 atom stereocenters. The fourth-order valence-electron chi connectivity index (χ4n) is 1.70. The van der Waals surface area contributed by atoms with E-state index in [1.54, 1.807) is 0 Å². The van der Waals surface area contributed by atoms with Crippen LogP contribution in [0.1, 0.15) is 28.8 Å². The van der Waals surface area contributed by atoms with Crippen LogP contribution in [0.2, 0.25) is 0 Å². The molecule has 7 nitrogen and oxygen atoms in total. The fourth-order valence-corrected chi connectivity index (χ4v) is 1.70. The van der Waals surface area contributed by atoms with Crippen LogP contribution in [0, 0.1) is 0 Å². The van der Waals surface area contributed by atoms with Crippen molar-refractivity contribution in [2.75, 3.05) is 6.61 Å². The molecule has 0 aromatic carbocycles. The Kier molecular flexibility index (Phi) is 2.90. The summed E-state index contributed by atoms with van der Waals surface area (Å²) < 4.78 is 5.36. The molecule has 0 unspecified atom stereocenters. The molecule has 0 radical (unpaired) electrons. The van der Waals surface area contributed by atoms with E-state index < -0.39 is 24.2 Å². The summed E-state index contributed by atoms with van der Waals surface area (Å²) in [5.41, 5.74) is 5.18. The SMILES string of the molecule is NC(=O)c1c[nH]c([C@@H]2C[C@@H](O)[C@H](CO)O2)n1. The third-order valence-corrected chi connectivity index (χ3v) is 2.56. The van der Waals surface area contributed by atoms with Crippen LogP contribution < -0.4 is 5.73 Å². The number of aliphatic hydroxyl groups excluding tert-OH is 2. The summed E-state index contributed by atoms with van der Waals surface area (Å²) in [5.74, 6) is -0.191. The molecule has 1 aromatic heterocycles. The van der Waals surface area contributed by atoms with Crippen molar-refractivity contribution < 1.29 is 19.7 Å². The number of rotatable bonds is 3. The largest absolute Gasteiger partial charge is 0.394 e. The number of H-pyrrole nitrogens is 1. The summed E-state index contributed by atoms with van der Waals surface area (Å²) >= 11 is 0. The fraction of sp³-hybridized carbons (Fsp3) is 0.556. The topological polar surface area (TPSA) is 121 Å². The number of aromatic amines is 1. The summed E-state index contributed by atoms with van der Waals surface area (Å²) in [5, 5.41) is 18.4. The molecule has 5 N–H and O–H groups in total. The van der Waals surface area contributed by atoms with Crippen molar-refractivity contribution in [3.8, 4) is 0 Å². The zero-order chi connectivity index (χ0) is 11.7. The third-order valence-electron chi connectivity index (χ3n) is 2.56. The van der Waals surface area contributed by atoms with Crippen molar-refractivity contribution in [2.45, 2.75) is 24.7 Å². The first-order chi connectivity index (χ1) is 7.61. The number of imidazole rings is 1. The van der Waals surface area contributed by atoms with E-state index in [0.29, 0.717) is 12.2 Å². The zero-order valence-electron chi connectivity index (χ0n) is 8.46. The molecule has 1 saturated heterocycles. The Bertz CT molecular complexity index is 392. The van der Waals surface area contributed by atoms with Gasteiger partial charge in [0.2, 0.25) is 0 Å². The molecule has 1 amide bonds. The average Bonchev–Trinajstić information content (AvgIpc) is 2.83. The van der Waals surface area contributed by atoms with Gasteiger partial charge in [0.25, 0.3) is 5.91 Å². The molecule has 16 heavy (non-hydrogen) atoms. The Morgan fingerprint density at radius 3 is 3.00 bits per heavy atom.